The van der Waals surface area contributed by atoms with Crippen molar-refractivity contribution in [1.29, 1.82) is 0 Å². The van der Waals surface area contributed by atoms with Crippen molar-refractivity contribution in [3.05, 3.63) is 95.9 Å². The summed E-state index contributed by atoms with van der Waals surface area (Å²) in [5.74, 6) is 0.453. The second-order valence-electron chi connectivity index (χ2n) is 7.87. The number of halogens is 1. The molecule has 0 aliphatic carbocycles. The minimum absolute atomic E-state index is 0.137. The maximum absolute atomic E-state index is 13.1. The molecule has 0 atom stereocenters. The zero-order chi connectivity index (χ0) is 23.5. The Hall–Kier alpha value is -3.91. The number of hydrogen-bond acceptors (Lipinski definition) is 4. The number of fused-ring (bicyclic) bond motifs is 1. The van der Waals surface area contributed by atoms with Crippen molar-refractivity contribution < 1.29 is 9.18 Å². The highest BCUT2D eigenvalue weighted by molar-refractivity contribution is 7.99. The molecule has 170 valence electrons. The number of rotatable bonds is 7. The van der Waals surface area contributed by atoms with E-state index in [1.165, 1.54) is 23.9 Å². The van der Waals surface area contributed by atoms with Crippen molar-refractivity contribution in [2.45, 2.75) is 18.6 Å². The van der Waals surface area contributed by atoms with Crippen LogP contribution in [0.5, 0.6) is 0 Å². The molecule has 0 saturated heterocycles. The van der Waals surface area contributed by atoms with Crippen LogP contribution in [0.3, 0.4) is 0 Å². The highest BCUT2D eigenvalue weighted by Gasteiger charge is 2.20. The number of carbonyl (C=O) groups excluding carboxylic acids is 1. The van der Waals surface area contributed by atoms with Gasteiger partial charge < -0.3 is 10.3 Å². The molecule has 0 bridgehead atoms. The van der Waals surface area contributed by atoms with E-state index in [1.54, 1.807) is 12.1 Å². The quantitative estimate of drug-likeness (QED) is 0.317. The van der Waals surface area contributed by atoms with Gasteiger partial charge in [0.05, 0.1) is 11.4 Å². The van der Waals surface area contributed by atoms with Gasteiger partial charge in [-0.15, -0.1) is 10.2 Å². The van der Waals surface area contributed by atoms with Gasteiger partial charge in [0.1, 0.15) is 5.82 Å². The summed E-state index contributed by atoms with van der Waals surface area (Å²) in [6, 6.07) is 22.2. The van der Waals surface area contributed by atoms with E-state index in [9.17, 15) is 9.18 Å². The maximum atomic E-state index is 13.1. The molecule has 8 heteroatoms. The molecule has 0 spiro atoms. The molecule has 6 nitrogen and oxygen atoms in total. The molecule has 3 aromatic carbocycles. The van der Waals surface area contributed by atoms with E-state index in [0.717, 1.165) is 33.3 Å². The number of aromatic nitrogens is 4. The smallest absolute Gasteiger partial charge is 0.230 e. The van der Waals surface area contributed by atoms with Crippen LogP contribution in [0, 0.1) is 12.7 Å². The molecule has 1 amide bonds. The van der Waals surface area contributed by atoms with Gasteiger partial charge in [-0.3, -0.25) is 9.36 Å². The second kappa shape index (κ2) is 9.52. The number of hydrogen-bond donors (Lipinski definition) is 2. The van der Waals surface area contributed by atoms with E-state index < -0.39 is 0 Å². The largest absolute Gasteiger partial charge is 0.360 e. The Labute approximate surface area is 200 Å². The molecule has 0 fully saturated rings. The van der Waals surface area contributed by atoms with Crippen molar-refractivity contribution in [2.24, 2.45) is 0 Å². The Morgan fingerprint density at radius 3 is 2.62 bits per heavy atom. The van der Waals surface area contributed by atoms with Crippen LogP contribution in [0.15, 0.2) is 84.1 Å². The number of nitrogens with zero attached hydrogens (tertiary/aromatic N) is 3. The fourth-order valence-electron chi connectivity index (χ4n) is 3.81. The summed E-state index contributed by atoms with van der Waals surface area (Å²) in [5.41, 5.74) is 4.84. The Balaban J connectivity index is 1.42. The Bertz CT molecular complexity index is 1460. The third-order valence-corrected chi connectivity index (χ3v) is 6.48. The lowest BCUT2D eigenvalue weighted by Gasteiger charge is -2.12. The molecule has 0 aliphatic heterocycles. The van der Waals surface area contributed by atoms with Crippen LogP contribution in [0.1, 0.15) is 11.1 Å². The van der Waals surface area contributed by atoms with Crippen LogP contribution >= 0.6 is 11.8 Å². The van der Waals surface area contributed by atoms with Crippen molar-refractivity contribution in [3.8, 4) is 17.1 Å². The molecule has 0 aliphatic rings. The summed E-state index contributed by atoms with van der Waals surface area (Å²) in [6.07, 6.45) is 1.94. The lowest BCUT2D eigenvalue weighted by Crippen LogP contribution is -2.24. The maximum Gasteiger partial charge on any atom is 0.230 e. The van der Waals surface area contributed by atoms with Crippen LogP contribution in [0.2, 0.25) is 0 Å². The summed E-state index contributed by atoms with van der Waals surface area (Å²) in [6.45, 7) is 2.38. The summed E-state index contributed by atoms with van der Waals surface area (Å²) in [7, 11) is 0. The number of amides is 1. The van der Waals surface area contributed by atoms with Crippen LogP contribution in [0.25, 0.3) is 28.0 Å². The average Bonchev–Trinajstić information content (AvgIpc) is 3.46. The molecule has 2 aromatic heterocycles. The Morgan fingerprint density at radius 1 is 1.03 bits per heavy atom. The van der Waals surface area contributed by atoms with Gasteiger partial charge >= 0.3 is 0 Å². The number of thioether (sulfide) groups is 1. The minimum Gasteiger partial charge on any atom is -0.360 e. The number of aryl methyl sites for hydroxylation is 1. The van der Waals surface area contributed by atoms with Crippen molar-refractivity contribution in [3.63, 3.8) is 0 Å². The first-order valence-corrected chi connectivity index (χ1v) is 11.8. The first kappa shape index (κ1) is 21.9. The molecular formula is C26H22FN5OS. The highest BCUT2D eigenvalue weighted by Crippen LogP contribution is 2.33. The van der Waals surface area contributed by atoms with Crippen molar-refractivity contribution in [1.82, 2.24) is 25.1 Å². The van der Waals surface area contributed by atoms with E-state index >= 15 is 0 Å². The van der Waals surface area contributed by atoms with Crippen LogP contribution in [0.4, 0.5) is 4.39 Å². The van der Waals surface area contributed by atoms with Gasteiger partial charge in [0.25, 0.3) is 0 Å². The number of aromatic amines is 1. The summed E-state index contributed by atoms with van der Waals surface area (Å²) in [5, 5.41) is 13.5. The van der Waals surface area contributed by atoms with E-state index in [1.807, 2.05) is 66.2 Å². The molecule has 0 radical (unpaired) electrons. The molecule has 5 aromatic rings. The van der Waals surface area contributed by atoms with Gasteiger partial charge in [0.2, 0.25) is 5.91 Å². The van der Waals surface area contributed by atoms with Crippen molar-refractivity contribution in [2.75, 3.05) is 5.75 Å². The predicted molar refractivity (Wildman–Crippen MR) is 132 cm³/mol. The zero-order valence-corrected chi connectivity index (χ0v) is 19.3. The summed E-state index contributed by atoms with van der Waals surface area (Å²) in [4.78, 5) is 15.8. The lowest BCUT2D eigenvalue weighted by molar-refractivity contribution is -0.118. The second-order valence-corrected chi connectivity index (χ2v) is 8.81. The lowest BCUT2D eigenvalue weighted by atomic mass is 10.1. The first-order valence-electron chi connectivity index (χ1n) is 10.8. The standard InChI is InChI=1S/C26H22FN5OS/c1-17-6-2-5-9-23(17)32-25(21-15-28-22-8-4-3-7-20(21)22)30-31-26(32)34-16-24(33)29-14-18-10-12-19(27)13-11-18/h2-13,15,28H,14,16H2,1H3,(H,29,33). The van der Waals surface area contributed by atoms with Crippen LogP contribution in [-0.4, -0.2) is 31.4 Å². The van der Waals surface area contributed by atoms with Gasteiger partial charge in [0.15, 0.2) is 11.0 Å². The number of para-hydroxylation sites is 2. The SMILES string of the molecule is Cc1ccccc1-n1c(SCC(=O)NCc2ccc(F)cc2)nnc1-c1c[nH]c2ccccc12. The molecule has 5 rings (SSSR count). The van der Waals surface area contributed by atoms with Gasteiger partial charge in [-0.1, -0.05) is 60.3 Å². The Morgan fingerprint density at radius 2 is 1.79 bits per heavy atom. The fraction of sp³-hybridized carbons (Fsp3) is 0.115. The van der Waals surface area contributed by atoms with Gasteiger partial charge in [-0.25, -0.2) is 4.39 Å². The first-order chi connectivity index (χ1) is 16.6. The zero-order valence-electron chi connectivity index (χ0n) is 18.5. The van der Waals surface area contributed by atoms with E-state index in [0.29, 0.717) is 17.5 Å². The highest BCUT2D eigenvalue weighted by atomic mass is 32.2. The van der Waals surface area contributed by atoms with Gasteiger partial charge in [-0.05, 0) is 42.3 Å². The third-order valence-electron chi connectivity index (χ3n) is 5.56. The van der Waals surface area contributed by atoms with Crippen molar-refractivity contribution >= 4 is 28.6 Å². The summed E-state index contributed by atoms with van der Waals surface area (Å²) >= 11 is 1.33. The molecule has 0 unspecified atom stereocenters. The molecule has 2 heterocycles. The topological polar surface area (TPSA) is 75.6 Å². The molecular weight excluding hydrogens is 449 g/mol. The van der Waals surface area contributed by atoms with E-state index in [4.69, 9.17) is 0 Å². The number of carbonyl (C=O) groups is 1. The van der Waals surface area contributed by atoms with Gasteiger partial charge in [-0.2, -0.15) is 0 Å². The number of H-pyrrole nitrogens is 1. The van der Waals surface area contributed by atoms with Gasteiger partial charge in [0, 0.05) is 29.2 Å². The van der Waals surface area contributed by atoms with E-state index in [-0.39, 0.29) is 17.5 Å². The number of nitrogens with one attached hydrogen (secondary N) is 2. The average molecular weight is 472 g/mol. The normalized spacial score (nSPS) is 11.1. The third kappa shape index (κ3) is 4.45. The molecule has 2 N–H and O–H groups in total. The molecule has 34 heavy (non-hydrogen) atoms. The molecule has 0 saturated carbocycles. The van der Waals surface area contributed by atoms with Crippen LogP contribution < -0.4 is 5.32 Å². The Kier molecular flexibility index (Phi) is 6.14. The minimum atomic E-state index is -0.299. The van der Waals surface area contributed by atoms with E-state index in [2.05, 4.69) is 20.5 Å². The number of benzene rings is 3. The van der Waals surface area contributed by atoms with Crippen LogP contribution in [-0.2, 0) is 11.3 Å². The predicted octanol–water partition coefficient (Wildman–Crippen LogP) is 5.27. The monoisotopic (exact) mass is 471 g/mol. The summed E-state index contributed by atoms with van der Waals surface area (Å²) < 4.78 is 15.1. The fourth-order valence-corrected chi connectivity index (χ4v) is 4.58.